The van der Waals surface area contributed by atoms with E-state index >= 15 is 0 Å². The van der Waals surface area contributed by atoms with Crippen molar-refractivity contribution in [3.05, 3.63) is 29.7 Å². The molecule has 1 aromatic rings. The molecule has 0 fully saturated rings. The number of nitrogens with one attached hydrogen (secondary N) is 1. The van der Waals surface area contributed by atoms with Crippen LogP contribution in [0.3, 0.4) is 0 Å². The molecule has 0 saturated heterocycles. The fraction of sp³-hybridized carbons (Fsp3) is 0.222. The Balaban J connectivity index is 0.000000226. The third-order valence-corrected chi connectivity index (χ3v) is 2.02. The topological polar surface area (TPSA) is 49.3 Å². The zero-order chi connectivity index (χ0) is 10.3. The number of thiophene rings is 1. The number of carboxylic acids is 1. The standard InChI is InChI=1S/C5H7NS.C4H6O2/c1-6-5-3-2-4-7-5;1-3(2)4(5)6/h2-4,6H,1H3;1H2,2H3,(H,5,6). The summed E-state index contributed by atoms with van der Waals surface area (Å²) in [5.41, 5.74) is 0.176. The fourth-order valence-corrected chi connectivity index (χ4v) is 1.000. The molecule has 1 rings (SSSR count). The molecule has 0 amide bonds. The number of carbonyl (C=O) groups is 1. The average Bonchev–Trinajstić information content (AvgIpc) is 2.56. The van der Waals surface area contributed by atoms with Gasteiger partial charge in [-0.2, -0.15) is 0 Å². The number of aliphatic carboxylic acids is 1. The summed E-state index contributed by atoms with van der Waals surface area (Å²) in [6, 6.07) is 4.07. The van der Waals surface area contributed by atoms with Crippen LogP contribution >= 0.6 is 11.3 Å². The van der Waals surface area contributed by atoms with Crippen LogP contribution in [0, 0.1) is 0 Å². The van der Waals surface area contributed by atoms with Crippen molar-refractivity contribution in [1.82, 2.24) is 0 Å². The minimum Gasteiger partial charge on any atom is -0.478 e. The Hall–Kier alpha value is -1.29. The quantitative estimate of drug-likeness (QED) is 0.719. The van der Waals surface area contributed by atoms with Gasteiger partial charge in [0.05, 0.1) is 5.00 Å². The molecule has 0 radical (unpaired) electrons. The molecule has 3 nitrogen and oxygen atoms in total. The lowest BCUT2D eigenvalue weighted by Gasteiger charge is -1.85. The summed E-state index contributed by atoms with van der Waals surface area (Å²) in [5.74, 6) is -0.935. The highest BCUT2D eigenvalue weighted by atomic mass is 32.1. The Morgan fingerprint density at radius 1 is 1.69 bits per heavy atom. The highest BCUT2D eigenvalue weighted by Gasteiger charge is 1.90. The summed E-state index contributed by atoms with van der Waals surface area (Å²) in [5, 5.41) is 14.2. The van der Waals surface area contributed by atoms with Crippen LogP contribution in [0.25, 0.3) is 0 Å². The van der Waals surface area contributed by atoms with E-state index in [4.69, 9.17) is 5.11 Å². The van der Waals surface area contributed by atoms with Gasteiger partial charge in [-0.1, -0.05) is 6.58 Å². The van der Waals surface area contributed by atoms with E-state index in [1.807, 2.05) is 24.6 Å². The smallest absolute Gasteiger partial charge is 0.330 e. The summed E-state index contributed by atoms with van der Waals surface area (Å²) >= 11 is 1.71. The van der Waals surface area contributed by atoms with Crippen LogP contribution in [0.4, 0.5) is 5.00 Å². The first-order valence-corrected chi connectivity index (χ1v) is 4.56. The zero-order valence-electron chi connectivity index (χ0n) is 7.70. The van der Waals surface area contributed by atoms with E-state index in [0.717, 1.165) is 0 Å². The van der Waals surface area contributed by atoms with Gasteiger partial charge >= 0.3 is 5.97 Å². The van der Waals surface area contributed by atoms with Crippen LogP contribution in [0.5, 0.6) is 0 Å². The Labute approximate surface area is 81.7 Å². The Morgan fingerprint density at radius 3 is 2.38 bits per heavy atom. The molecule has 1 heterocycles. The number of anilines is 1. The molecule has 0 aliphatic heterocycles. The minimum atomic E-state index is -0.935. The van der Waals surface area contributed by atoms with Gasteiger partial charge in [0.2, 0.25) is 0 Å². The average molecular weight is 199 g/mol. The van der Waals surface area contributed by atoms with Gasteiger partial charge in [-0.3, -0.25) is 0 Å². The molecule has 2 N–H and O–H groups in total. The van der Waals surface area contributed by atoms with E-state index in [2.05, 4.69) is 11.9 Å². The van der Waals surface area contributed by atoms with Gasteiger partial charge in [0.15, 0.2) is 0 Å². The molecule has 1 aromatic heterocycles. The van der Waals surface area contributed by atoms with Crippen molar-refractivity contribution in [2.75, 3.05) is 12.4 Å². The highest BCUT2D eigenvalue weighted by molar-refractivity contribution is 7.14. The molecule has 0 aromatic carbocycles. The third kappa shape index (κ3) is 5.93. The van der Waals surface area contributed by atoms with Crippen molar-refractivity contribution in [2.45, 2.75) is 6.92 Å². The fourth-order valence-electron chi connectivity index (χ4n) is 0.421. The second-order valence-electron chi connectivity index (χ2n) is 2.31. The number of rotatable bonds is 2. The van der Waals surface area contributed by atoms with Crippen LogP contribution in [-0.2, 0) is 4.79 Å². The molecule has 0 unspecified atom stereocenters. The first-order valence-electron chi connectivity index (χ1n) is 3.68. The van der Waals surface area contributed by atoms with Gasteiger partial charge < -0.3 is 10.4 Å². The van der Waals surface area contributed by atoms with Crippen molar-refractivity contribution < 1.29 is 9.90 Å². The maximum atomic E-state index is 9.60. The molecule has 0 spiro atoms. The van der Waals surface area contributed by atoms with Crippen LogP contribution in [0.1, 0.15) is 6.92 Å². The summed E-state index contributed by atoms with van der Waals surface area (Å²) in [4.78, 5) is 9.60. The third-order valence-electron chi connectivity index (χ3n) is 1.13. The maximum absolute atomic E-state index is 9.60. The molecule has 13 heavy (non-hydrogen) atoms. The van der Waals surface area contributed by atoms with Gasteiger partial charge in [-0.15, -0.1) is 11.3 Å². The summed E-state index contributed by atoms with van der Waals surface area (Å²) in [7, 11) is 1.92. The van der Waals surface area contributed by atoms with Crippen molar-refractivity contribution in [2.24, 2.45) is 0 Å². The predicted molar refractivity (Wildman–Crippen MR) is 56.3 cm³/mol. The summed E-state index contributed by atoms with van der Waals surface area (Å²) < 4.78 is 0. The second kappa shape index (κ2) is 6.25. The zero-order valence-corrected chi connectivity index (χ0v) is 8.52. The lowest BCUT2D eigenvalue weighted by molar-refractivity contribution is -0.132. The second-order valence-corrected chi connectivity index (χ2v) is 3.26. The SMILES string of the molecule is C=C(C)C(=O)O.CNc1cccs1. The van der Waals surface area contributed by atoms with Crippen molar-refractivity contribution >= 4 is 22.3 Å². The summed E-state index contributed by atoms with van der Waals surface area (Å²) in [6.07, 6.45) is 0. The Kier molecular flexibility index (Phi) is 5.63. The van der Waals surface area contributed by atoms with Gasteiger partial charge in [0, 0.05) is 12.6 Å². The molecular formula is C9H13NO2S. The van der Waals surface area contributed by atoms with E-state index in [1.165, 1.54) is 11.9 Å². The van der Waals surface area contributed by atoms with Gasteiger partial charge in [0.25, 0.3) is 0 Å². The first-order chi connectivity index (χ1) is 6.07. The van der Waals surface area contributed by atoms with Gasteiger partial charge in [-0.25, -0.2) is 4.79 Å². The molecule has 72 valence electrons. The number of hydrogen-bond donors (Lipinski definition) is 2. The van der Waals surface area contributed by atoms with E-state index in [9.17, 15) is 4.79 Å². The minimum absolute atomic E-state index is 0.176. The first kappa shape index (κ1) is 11.7. The largest absolute Gasteiger partial charge is 0.478 e. The number of carboxylic acid groups (broad SMARTS) is 1. The molecular weight excluding hydrogens is 186 g/mol. The van der Waals surface area contributed by atoms with Gasteiger partial charge in [-0.05, 0) is 24.4 Å². The normalized spacial score (nSPS) is 8.15. The summed E-state index contributed by atoms with van der Waals surface area (Å²) in [6.45, 7) is 4.60. The number of hydrogen-bond acceptors (Lipinski definition) is 3. The van der Waals surface area contributed by atoms with Gasteiger partial charge in [0.1, 0.15) is 0 Å². The highest BCUT2D eigenvalue weighted by Crippen LogP contribution is 2.12. The molecule has 0 aliphatic carbocycles. The van der Waals surface area contributed by atoms with Crippen molar-refractivity contribution in [1.29, 1.82) is 0 Å². The molecule has 4 heteroatoms. The van der Waals surface area contributed by atoms with Crippen LogP contribution in [0.2, 0.25) is 0 Å². The van der Waals surface area contributed by atoms with Crippen molar-refractivity contribution in [3.63, 3.8) is 0 Å². The monoisotopic (exact) mass is 199 g/mol. The van der Waals surface area contributed by atoms with Crippen LogP contribution in [0.15, 0.2) is 29.7 Å². The predicted octanol–water partition coefficient (Wildman–Crippen LogP) is 2.44. The molecule has 0 bridgehead atoms. The van der Waals surface area contributed by atoms with Crippen molar-refractivity contribution in [3.8, 4) is 0 Å². The Bertz CT molecular complexity index is 255. The molecule has 0 atom stereocenters. The molecule has 0 aliphatic rings. The van der Waals surface area contributed by atoms with Crippen LogP contribution < -0.4 is 5.32 Å². The molecule has 0 saturated carbocycles. The van der Waals surface area contributed by atoms with E-state index in [-0.39, 0.29) is 5.57 Å². The Morgan fingerprint density at radius 2 is 2.23 bits per heavy atom. The van der Waals surface area contributed by atoms with E-state index in [1.54, 1.807) is 11.3 Å². The van der Waals surface area contributed by atoms with Crippen LogP contribution in [-0.4, -0.2) is 18.1 Å². The lowest BCUT2D eigenvalue weighted by atomic mass is 10.4. The van der Waals surface area contributed by atoms with E-state index in [0.29, 0.717) is 0 Å². The maximum Gasteiger partial charge on any atom is 0.330 e. The lowest BCUT2D eigenvalue weighted by Crippen LogP contribution is -1.92. The van der Waals surface area contributed by atoms with E-state index < -0.39 is 5.97 Å².